The summed E-state index contributed by atoms with van der Waals surface area (Å²) in [6.07, 6.45) is 5.31. The Kier molecular flexibility index (Phi) is 9.92. The van der Waals surface area contributed by atoms with Gasteiger partial charge in [0.15, 0.2) is 17.2 Å². The number of carbonyl (C=O) groups is 1. The predicted molar refractivity (Wildman–Crippen MR) is 169 cm³/mol. The van der Waals surface area contributed by atoms with Gasteiger partial charge in [-0.05, 0) is 56.2 Å². The Morgan fingerprint density at radius 2 is 1.87 bits per heavy atom. The summed E-state index contributed by atoms with van der Waals surface area (Å²) < 4.78 is 44.3. The first-order valence-electron chi connectivity index (χ1n) is 15.4. The first-order valence-corrected chi connectivity index (χ1v) is 15.8. The Morgan fingerprint density at radius 1 is 1.04 bits per heavy atom. The van der Waals surface area contributed by atoms with Gasteiger partial charge in [0.25, 0.3) is 0 Å². The van der Waals surface area contributed by atoms with Crippen molar-refractivity contribution in [3.63, 3.8) is 0 Å². The number of rotatable bonds is 13. The highest BCUT2D eigenvalue weighted by molar-refractivity contribution is 6.30. The van der Waals surface area contributed by atoms with E-state index in [-0.39, 0.29) is 41.5 Å². The molecular formula is C33H34ClF2N7O4. The molecule has 1 fully saturated rings. The summed E-state index contributed by atoms with van der Waals surface area (Å²) in [5.74, 6) is -0.997. The van der Waals surface area contributed by atoms with Crippen LogP contribution in [0.4, 0.5) is 8.78 Å². The Bertz CT molecular complexity index is 1870. The number of ether oxygens (including phenoxy) is 2. The fraction of sp³-hybridized carbons (Fsp3) is 0.364. The second-order valence-corrected chi connectivity index (χ2v) is 11.8. The number of imidazole rings is 2. The Morgan fingerprint density at radius 3 is 2.64 bits per heavy atom. The van der Waals surface area contributed by atoms with Crippen molar-refractivity contribution in [2.45, 2.75) is 65.0 Å². The third-order valence-electron chi connectivity index (χ3n) is 8.12. The number of aromatic nitrogens is 6. The van der Waals surface area contributed by atoms with Crippen molar-refractivity contribution >= 4 is 28.7 Å². The van der Waals surface area contributed by atoms with Gasteiger partial charge < -0.3 is 23.7 Å². The van der Waals surface area contributed by atoms with E-state index in [1.165, 1.54) is 24.3 Å². The minimum absolute atomic E-state index is 0.00500. The highest BCUT2D eigenvalue weighted by atomic mass is 35.5. The van der Waals surface area contributed by atoms with Crippen LogP contribution in [0.3, 0.4) is 0 Å². The van der Waals surface area contributed by atoms with E-state index in [9.17, 15) is 13.6 Å². The van der Waals surface area contributed by atoms with E-state index in [4.69, 9.17) is 36.1 Å². The number of carboxylic acid groups (broad SMARTS) is 1. The largest absolute Gasteiger partial charge is 0.484 e. The summed E-state index contributed by atoms with van der Waals surface area (Å²) in [7, 11) is 0. The van der Waals surface area contributed by atoms with E-state index in [0.29, 0.717) is 30.9 Å². The van der Waals surface area contributed by atoms with Gasteiger partial charge in [0.2, 0.25) is 5.88 Å². The quantitative estimate of drug-likeness (QED) is 0.170. The number of carboxylic acids is 1. The van der Waals surface area contributed by atoms with Gasteiger partial charge in [-0.1, -0.05) is 11.6 Å². The number of hydrogen-bond donors (Lipinski definition) is 1. The van der Waals surface area contributed by atoms with Crippen LogP contribution in [0.5, 0.6) is 11.6 Å². The van der Waals surface area contributed by atoms with Gasteiger partial charge in [0, 0.05) is 49.0 Å². The molecule has 6 rings (SSSR count). The van der Waals surface area contributed by atoms with E-state index in [1.807, 2.05) is 18.3 Å². The van der Waals surface area contributed by atoms with Crippen molar-refractivity contribution in [3.8, 4) is 11.6 Å². The van der Waals surface area contributed by atoms with Crippen LogP contribution in [0.15, 0.2) is 55.0 Å². The third-order valence-corrected chi connectivity index (χ3v) is 8.36. The lowest BCUT2D eigenvalue weighted by atomic mass is 10.1. The van der Waals surface area contributed by atoms with Crippen LogP contribution in [0.1, 0.15) is 49.1 Å². The van der Waals surface area contributed by atoms with Crippen molar-refractivity contribution in [2.24, 2.45) is 0 Å². The van der Waals surface area contributed by atoms with Crippen LogP contribution < -0.4 is 9.47 Å². The molecule has 1 aliphatic rings. The van der Waals surface area contributed by atoms with E-state index >= 15 is 0 Å². The molecule has 5 heterocycles. The highest BCUT2D eigenvalue weighted by Gasteiger charge is 2.24. The standard InChI is InChI=1S/C33H34ClF2N7O4/c1-2-42-20-37-16-23(42)17-43-30(39-27-7-4-22(38-33(27)43)5-10-32(44)45)18-41-13-11-24(12-14-41)47-31-9-6-25(35)28(40-31)19-46-29-8-3-21(34)15-26(29)36/h3-4,6-9,15-16,20,24H,2,5,10-14,17-19H2,1H3,(H,44,45). The second-order valence-electron chi connectivity index (χ2n) is 11.4. The zero-order valence-corrected chi connectivity index (χ0v) is 26.5. The molecule has 1 aliphatic heterocycles. The van der Waals surface area contributed by atoms with E-state index < -0.39 is 17.6 Å². The Labute approximate surface area is 274 Å². The average molecular weight is 666 g/mol. The molecule has 0 radical (unpaired) electrons. The molecule has 1 N–H and O–H groups in total. The lowest BCUT2D eigenvalue weighted by Crippen LogP contribution is -2.38. The summed E-state index contributed by atoms with van der Waals surface area (Å²) in [5.41, 5.74) is 3.20. The van der Waals surface area contributed by atoms with E-state index in [0.717, 1.165) is 55.6 Å². The predicted octanol–water partition coefficient (Wildman–Crippen LogP) is 5.66. The molecule has 0 spiro atoms. The number of aryl methyl sites for hydroxylation is 2. The van der Waals surface area contributed by atoms with Crippen molar-refractivity contribution < 1.29 is 28.2 Å². The number of piperidine rings is 1. The molecule has 0 atom stereocenters. The average Bonchev–Trinajstić information content (AvgIpc) is 3.65. The fourth-order valence-corrected chi connectivity index (χ4v) is 5.76. The SMILES string of the molecule is CCn1cncc1Cn1c(CN2CCC(Oc3ccc(F)c(COc4ccc(Cl)cc4F)n3)CC2)nc2ccc(CCC(=O)O)nc21. The maximum Gasteiger partial charge on any atom is 0.303 e. The highest BCUT2D eigenvalue weighted by Crippen LogP contribution is 2.25. The molecule has 1 saturated heterocycles. The number of pyridine rings is 2. The molecule has 0 amide bonds. The number of nitrogens with zero attached hydrogens (tertiary/aromatic N) is 7. The number of aliphatic carboxylic acids is 1. The van der Waals surface area contributed by atoms with E-state index in [1.54, 1.807) is 6.33 Å². The molecule has 47 heavy (non-hydrogen) atoms. The molecule has 0 unspecified atom stereocenters. The minimum atomic E-state index is -0.865. The van der Waals surface area contributed by atoms with Crippen LogP contribution in [-0.4, -0.2) is 64.2 Å². The summed E-state index contributed by atoms with van der Waals surface area (Å²) in [6.45, 7) is 5.17. The molecule has 0 bridgehead atoms. The summed E-state index contributed by atoms with van der Waals surface area (Å²) in [6, 6.07) is 10.5. The molecule has 0 aliphatic carbocycles. The summed E-state index contributed by atoms with van der Waals surface area (Å²) >= 11 is 5.79. The van der Waals surface area contributed by atoms with Gasteiger partial charge in [-0.2, -0.15) is 0 Å². The summed E-state index contributed by atoms with van der Waals surface area (Å²) in [5, 5.41) is 9.39. The number of hydrogen-bond acceptors (Lipinski definition) is 8. The normalized spacial score (nSPS) is 14.1. The number of benzene rings is 1. The van der Waals surface area contributed by atoms with Gasteiger partial charge in [0.05, 0.1) is 31.5 Å². The van der Waals surface area contributed by atoms with Gasteiger partial charge >= 0.3 is 5.97 Å². The molecule has 14 heteroatoms. The van der Waals surface area contributed by atoms with Crippen LogP contribution in [-0.2, 0) is 37.5 Å². The van der Waals surface area contributed by atoms with Gasteiger partial charge in [-0.3, -0.25) is 9.69 Å². The molecule has 5 aromatic rings. The number of likely N-dealkylation sites (tertiary alicyclic amines) is 1. The lowest BCUT2D eigenvalue weighted by molar-refractivity contribution is -0.136. The number of fused-ring (bicyclic) bond motifs is 1. The topological polar surface area (TPSA) is 120 Å². The molecular weight excluding hydrogens is 632 g/mol. The zero-order valence-electron chi connectivity index (χ0n) is 25.8. The van der Waals surface area contributed by atoms with Crippen LogP contribution in [0.2, 0.25) is 5.02 Å². The minimum Gasteiger partial charge on any atom is -0.484 e. The maximum atomic E-state index is 14.5. The molecule has 1 aromatic carbocycles. The van der Waals surface area contributed by atoms with Crippen molar-refractivity contribution in [1.29, 1.82) is 0 Å². The molecule has 246 valence electrons. The number of halogens is 3. The van der Waals surface area contributed by atoms with Crippen molar-refractivity contribution in [1.82, 2.24) is 34.0 Å². The maximum absolute atomic E-state index is 14.5. The molecule has 0 saturated carbocycles. The fourth-order valence-electron chi connectivity index (χ4n) is 5.60. The van der Waals surface area contributed by atoms with Gasteiger partial charge in [0.1, 0.15) is 35.6 Å². The van der Waals surface area contributed by atoms with Crippen molar-refractivity contribution in [2.75, 3.05) is 13.1 Å². The van der Waals surface area contributed by atoms with E-state index in [2.05, 4.69) is 30.9 Å². The summed E-state index contributed by atoms with van der Waals surface area (Å²) in [4.78, 5) is 31.8. The monoisotopic (exact) mass is 665 g/mol. The first kappa shape index (κ1) is 32.3. The van der Waals surface area contributed by atoms with Gasteiger partial charge in [-0.25, -0.2) is 28.7 Å². The van der Waals surface area contributed by atoms with Crippen LogP contribution in [0.25, 0.3) is 11.2 Å². The first-order chi connectivity index (χ1) is 22.7. The van der Waals surface area contributed by atoms with Crippen LogP contribution >= 0.6 is 11.6 Å². The van der Waals surface area contributed by atoms with Gasteiger partial charge in [-0.15, -0.1) is 0 Å². The van der Waals surface area contributed by atoms with Crippen LogP contribution in [0, 0.1) is 11.6 Å². The second kappa shape index (κ2) is 14.4. The Balaban J connectivity index is 1.11. The lowest BCUT2D eigenvalue weighted by Gasteiger charge is -2.31. The molecule has 4 aromatic heterocycles. The van der Waals surface area contributed by atoms with Crippen molar-refractivity contribution in [3.05, 3.63) is 94.6 Å². The smallest absolute Gasteiger partial charge is 0.303 e. The Hall–Kier alpha value is -4.62. The molecule has 11 nitrogen and oxygen atoms in total. The third kappa shape index (κ3) is 7.86. The zero-order chi connectivity index (χ0) is 32.9.